The lowest BCUT2D eigenvalue weighted by Gasteiger charge is -2.12. The lowest BCUT2D eigenvalue weighted by molar-refractivity contribution is -0.127. The number of anilines is 1. The first kappa shape index (κ1) is 24.1. The zero-order valence-electron chi connectivity index (χ0n) is 17.7. The van der Waals surface area contributed by atoms with E-state index in [4.69, 9.17) is 16.3 Å². The number of thioether (sulfide) groups is 1. The molecule has 1 aliphatic rings. The summed E-state index contributed by atoms with van der Waals surface area (Å²) in [6.45, 7) is 0.0519. The Kier molecular flexibility index (Phi) is 7.72. The Labute approximate surface area is 214 Å². The molecule has 3 amide bonds. The number of nitrogens with zero attached hydrogens (tertiary/aromatic N) is 1. The van der Waals surface area contributed by atoms with Crippen molar-refractivity contribution in [2.75, 3.05) is 11.9 Å². The van der Waals surface area contributed by atoms with Gasteiger partial charge in [0.2, 0.25) is 5.91 Å². The molecule has 0 aliphatic carbocycles. The number of halogens is 2. The first-order valence-corrected chi connectivity index (χ1v) is 12.1. The molecule has 0 aromatic heterocycles. The number of ether oxygens (including phenoxy) is 1. The Balaban J connectivity index is 1.39. The lowest BCUT2D eigenvalue weighted by Crippen LogP contribution is -2.36. The van der Waals surface area contributed by atoms with Gasteiger partial charge in [-0.3, -0.25) is 19.3 Å². The second kappa shape index (κ2) is 10.9. The van der Waals surface area contributed by atoms with Gasteiger partial charge in [-0.2, -0.15) is 0 Å². The van der Waals surface area contributed by atoms with E-state index in [1.165, 1.54) is 0 Å². The smallest absolute Gasteiger partial charge is 0.294 e. The van der Waals surface area contributed by atoms with Gasteiger partial charge in [-0.1, -0.05) is 48.0 Å². The summed E-state index contributed by atoms with van der Waals surface area (Å²) in [4.78, 5) is 38.6. The summed E-state index contributed by atoms with van der Waals surface area (Å²) in [6, 6.07) is 21.8. The second-order valence-corrected chi connectivity index (χ2v) is 9.57. The van der Waals surface area contributed by atoms with Crippen molar-refractivity contribution in [2.24, 2.45) is 0 Å². The van der Waals surface area contributed by atoms with Gasteiger partial charge in [0, 0.05) is 10.7 Å². The maximum Gasteiger partial charge on any atom is 0.294 e. The van der Waals surface area contributed by atoms with E-state index in [-0.39, 0.29) is 11.4 Å². The molecule has 0 bridgehead atoms. The van der Waals surface area contributed by atoms with Crippen LogP contribution < -0.4 is 10.1 Å². The van der Waals surface area contributed by atoms with Crippen LogP contribution in [0.1, 0.15) is 11.1 Å². The predicted octanol–water partition coefficient (Wildman–Crippen LogP) is 6.36. The average molecular weight is 558 g/mol. The SMILES string of the molecule is O=C(CN1C(=O)S/C(=C/c2ccc(OCc3ccccc3)c(Br)c2)C1=O)Nc1ccc(Cl)cc1. The Hall–Kier alpha value is -3.07. The van der Waals surface area contributed by atoms with Crippen molar-refractivity contribution in [3.05, 3.63) is 98.3 Å². The number of hydrogen-bond acceptors (Lipinski definition) is 5. The maximum absolute atomic E-state index is 12.7. The number of nitrogens with one attached hydrogen (secondary N) is 1. The van der Waals surface area contributed by atoms with Crippen LogP contribution in [0.4, 0.5) is 10.5 Å². The lowest BCUT2D eigenvalue weighted by atomic mass is 10.2. The van der Waals surface area contributed by atoms with Crippen LogP contribution in [0.15, 0.2) is 82.2 Å². The molecule has 0 radical (unpaired) electrons. The second-order valence-electron chi connectivity index (χ2n) is 7.29. The molecule has 1 heterocycles. The highest BCUT2D eigenvalue weighted by molar-refractivity contribution is 9.10. The van der Waals surface area contributed by atoms with Crippen molar-refractivity contribution in [2.45, 2.75) is 6.61 Å². The van der Waals surface area contributed by atoms with Crippen LogP contribution in [0.5, 0.6) is 5.75 Å². The summed E-state index contributed by atoms with van der Waals surface area (Å²) in [5.74, 6) is -0.330. The van der Waals surface area contributed by atoms with Gasteiger partial charge in [0.05, 0.1) is 9.38 Å². The van der Waals surface area contributed by atoms with E-state index < -0.39 is 17.1 Å². The van der Waals surface area contributed by atoms with Crippen LogP contribution in [-0.4, -0.2) is 28.5 Å². The monoisotopic (exact) mass is 556 g/mol. The summed E-state index contributed by atoms with van der Waals surface area (Å²) in [5, 5.41) is 2.69. The number of rotatable bonds is 7. The molecule has 0 atom stereocenters. The zero-order valence-corrected chi connectivity index (χ0v) is 20.8. The number of carbonyl (C=O) groups is 3. The number of amides is 3. The van der Waals surface area contributed by atoms with Gasteiger partial charge < -0.3 is 10.1 Å². The Bertz CT molecular complexity index is 1270. The molecule has 0 saturated carbocycles. The molecule has 1 N–H and O–H groups in total. The van der Waals surface area contributed by atoms with Crippen molar-refractivity contribution >= 4 is 68.1 Å². The number of benzene rings is 3. The number of hydrogen-bond donors (Lipinski definition) is 1. The predicted molar refractivity (Wildman–Crippen MR) is 138 cm³/mol. The molecule has 3 aromatic carbocycles. The highest BCUT2D eigenvalue weighted by atomic mass is 79.9. The summed E-state index contributed by atoms with van der Waals surface area (Å²) in [7, 11) is 0. The minimum absolute atomic E-state index is 0.245. The minimum atomic E-state index is -0.512. The summed E-state index contributed by atoms with van der Waals surface area (Å²) >= 11 is 10.1. The van der Waals surface area contributed by atoms with Gasteiger partial charge >= 0.3 is 0 Å². The zero-order chi connectivity index (χ0) is 24.1. The molecule has 3 aromatic rings. The molecule has 34 heavy (non-hydrogen) atoms. The van der Waals surface area contributed by atoms with Crippen molar-refractivity contribution in [1.82, 2.24) is 4.90 Å². The first-order chi connectivity index (χ1) is 16.4. The standard InChI is InChI=1S/C25H18BrClN2O4S/c26-20-12-17(6-11-21(20)33-15-16-4-2-1-3-5-16)13-22-24(31)29(25(32)34-22)14-23(30)28-19-9-7-18(27)8-10-19/h1-13H,14-15H2,(H,28,30)/b22-13+. The third kappa shape index (κ3) is 6.08. The summed E-state index contributed by atoms with van der Waals surface area (Å²) in [6.07, 6.45) is 1.62. The normalized spacial score (nSPS) is 14.5. The van der Waals surface area contributed by atoms with Crippen molar-refractivity contribution in [3.8, 4) is 5.75 Å². The van der Waals surface area contributed by atoms with Crippen molar-refractivity contribution in [1.29, 1.82) is 0 Å². The van der Waals surface area contributed by atoms with Gasteiger partial charge in [0.25, 0.3) is 11.1 Å². The summed E-state index contributed by atoms with van der Waals surface area (Å²) in [5.41, 5.74) is 2.29. The van der Waals surface area contributed by atoms with Gasteiger partial charge in [0.1, 0.15) is 18.9 Å². The molecule has 1 aliphatic heterocycles. The molecule has 4 rings (SSSR count). The summed E-state index contributed by atoms with van der Waals surface area (Å²) < 4.78 is 6.57. The van der Waals surface area contributed by atoms with Crippen LogP contribution >= 0.6 is 39.3 Å². The van der Waals surface area contributed by atoms with E-state index >= 15 is 0 Å². The molecule has 1 saturated heterocycles. The highest BCUT2D eigenvalue weighted by Gasteiger charge is 2.36. The van der Waals surface area contributed by atoms with Crippen LogP contribution in [0, 0.1) is 0 Å². The third-order valence-electron chi connectivity index (χ3n) is 4.79. The number of carbonyl (C=O) groups excluding carboxylic acids is 3. The topological polar surface area (TPSA) is 75.7 Å². The van der Waals surface area contributed by atoms with Gasteiger partial charge in [-0.15, -0.1) is 0 Å². The fourth-order valence-electron chi connectivity index (χ4n) is 3.12. The molecule has 1 fully saturated rings. The van der Waals surface area contributed by atoms with Crippen LogP contribution in [0.25, 0.3) is 6.08 Å². The molecule has 172 valence electrons. The Morgan fingerprint density at radius 1 is 1.06 bits per heavy atom. The van der Waals surface area contributed by atoms with Crippen LogP contribution in [-0.2, 0) is 16.2 Å². The Morgan fingerprint density at radius 2 is 1.79 bits per heavy atom. The van der Waals surface area contributed by atoms with E-state index in [1.807, 2.05) is 36.4 Å². The molecule has 0 spiro atoms. The van der Waals surface area contributed by atoms with E-state index in [0.717, 1.165) is 32.3 Å². The van der Waals surface area contributed by atoms with Gasteiger partial charge in [0.15, 0.2) is 0 Å². The largest absolute Gasteiger partial charge is 0.488 e. The number of imide groups is 1. The van der Waals surface area contributed by atoms with Gasteiger partial charge in [-0.25, -0.2) is 0 Å². The van der Waals surface area contributed by atoms with E-state index in [0.29, 0.717) is 23.1 Å². The van der Waals surface area contributed by atoms with E-state index in [2.05, 4.69) is 21.2 Å². The van der Waals surface area contributed by atoms with Crippen molar-refractivity contribution in [3.63, 3.8) is 0 Å². The molecular formula is C25H18BrClN2O4S. The average Bonchev–Trinajstić information content (AvgIpc) is 3.08. The van der Waals surface area contributed by atoms with Crippen LogP contribution in [0.2, 0.25) is 5.02 Å². The quantitative estimate of drug-likeness (QED) is 0.342. The Morgan fingerprint density at radius 3 is 2.50 bits per heavy atom. The maximum atomic E-state index is 12.7. The molecule has 6 nitrogen and oxygen atoms in total. The third-order valence-corrected chi connectivity index (χ3v) is 6.57. The molecular weight excluding hydrogens is 540 g/mol. The first-order valence-electron chi connectivity index (χ1n) is 10.2. The minimum Gasteiger partial charge on any atom is -0.488 e. The fourth-order valence-corrected chi connectivity index (χ4v) is 4.60. The molecule has 0 unspecified atom stereocenters. The fraction of sp³-hybridized carbons (Fsp3) is 0.0800. The molecule has 9 heteroatoms. The highest BCUT2D eigenvalue weighted by Crippen LogP contribution is 2.34. The van der Waals surface area contributed by atoms with Gasteiger partial charge in [-0.05, 0) is 81.3 Å². The van der Waals surface area contributed by atoms with Crippen LogP contribution in [0.3, 0.4) is 0 Å². The van der Waals surface area contributed by atoms with E-state index in [1.54, 1.807) is 42.5 Å². The van der Waals surface area contributed by atoms with Crippen molar-refractivity contribution < 1.29 is 19.1 Å². The van der Waals surface area contributed by atoms with E-state index in [9.17, 15) is 14.4 Å².